The molecule has 1 aliphatic rings. The SMILES string of the molecule is C=CCN(CC(=O)N1CCc2sccc2C1COc1cccc(OC)c1)C(=O)COC. The van der Waals surface area contributed by atoms with Crippen molar-refractivity contribution in [2.24, 2.45) is 0 Å². The van der Waals surface area contributed by atoms with Gasteiger partial charge < -0.3 is 24.0 Å². The second-order valence-corrected chi connectivity index (χ2v) is 8.14. The highest BCUT2D eigenvalue weighted by Gasteiger charge is 2.33. The van der Waals surface area contributed by atoms with Gasteiger partial charge in [0.25, 0.3) is 0 Å². The summed E-state index contributed by atoms with van der Waals surface area (Å²) in [6.07, 6.45) is 2.40. The third-order valence-electron chi connectivity index (χ3n) is 5.16. The number of amides is 2. The summed E-state index contributed by atoms with van der Waals surface area (Å²) in [6, 6.07) is 9.22. The minimum atomic E-state index is -0.242. The quantitative estimate of drug-likeness (QED) is 0.527. The minimum Gasteiger partial charge on any atom is -0.497 e. The van der Waals surface area contributed by atoms with Gasteiger partial charge in [-0.25, -0.2) is 0 Å². The predicted octanol–water partition coefficient (Wildman–Crippen LogP) is 2.92. The number of rotatable bonds is 10. The monoisotopic (exact) mass is 444 g/mol. The fraction of sp³-hybridized carbons (Fsp3) is 0.391. The van der Waals surface area contributed by atoms with Gasteiger partial charge in [0.05, 0.1) is 13.2 Å². The molecule has 2 heterocycles. The predicted molar refractivity (Wildman–Crippen MR) is 120 cm³/mol. The van der Waals surface area contributed by atoms with Crippen LogP contribution in [0.4, 0.5) is 0 Å². The van der Waals surface area contributed by atoms with Crippen molar-refractivity contribution in [1.82, 2.24) is 9.80 Å². The van der Waals surface area contributed by atoms with E-state index in [0.717, 1.165) is 12.0 Å². The third-order valence-corrected chi connectivity index (χ3v) is 6.16. The van der Waals surface area contributed by atoms with E-state index >= 15 is 0 Å². The van der Waals surface area contributed by atoms with Crippen molar-refractivity contribution in [3.05, 3.63) is 58.8 Å². The first-order valence-corrected chi connectivity index (χ1v) is 11.0. The van der Waals surface area contributed by atoms with Gasteiger partial charge in [-0.15, -0.1) is 17.9 Å². The number of hydrogen-bond acceptors (Lipinski definition) is 6. The van der Waals surface area contributed by atoms with Crippen LogP contribution in [0.3, 0.4) is 0 Å². The van der Waals surface area contributed by atoms with E-state index in [9.17, 15) is 9.59 Å². The molecule has 1 aliphatic heterocycles. The van der Waals surface area contributed by atoms with E-state index in [0.29, 0.717) is 24.7 Å². The van der Waals surface area contributed by atoms with Crippen molar-refractivity contribution in [2.75, 3.05) is 47.1 Å². The molecule has 1 aromatic carbocycles. The maximum absolute atomic E-state index is 13.2. The number of fused-ring (bicyclic) bond motifs is 1. The molecule has 0 fully saturated rings. The zero-order valence-electron chi connectivity index (χ0n) is 17.9. The summed E-state index contributed by atoms with van der Waals surface area (Å²) in [5.41, 5.74) is 1.10. The van der Waals surface area contributed by atoms with Crippen molar-refractivity contribution in [2.45, 2.75) is 12.5 Å². The van der Waals surface area contributed by atoms with Gasteiger partial charge in [0.1, 0.15) is 31.3 Å². The van der Waals surface area contributed by atoms with E-state index in [1.807, 2.05) is 34.5 Å². The second kappa shape index (κ2) is 11.0. The average molecular weight is 445 g/mol. The smallest absolute Gasteiger partial charge is 0.249 e. The summed E-state index contributed by atoms with van der Waals surface area (Å²) in [6.45, 7) is 4.78. The Morgan fingerprint density at radius 2 is 2.10 bits per heavy atom. The molecule has 1 atom stereocenters. The summed E-state index contributed by atoms with van der Waals surface area (Å²) in [7, 11) is 3.07. The lowest BCUT2D eigenvalue weighted by atomic mass is 10.0. The van der Waals surface area contributed by atoms with Crippen LogP contribution < -0.4 is 9.47 Å². The van der Waals surface area contributed by atoms with Crippen molar-refractivity contribution in [1.29, 1.82) is 0 Å². The molecule has 2 amide bonds. The molecule has 166 valence electrons. The number of benzene rings is 1. The summed E-state index contributed by atoms with van der Waals surface area (Å²) < 4.78 is 16.2. The van der Waals surface area contributed by atoms with Gasteiger partial charge >= 0.3 is 0 Å². The molecule has 0 aliphatic carbocycles. The molecule has 31 heavy (non-hydrogen) atoms. The van der Waals surface area contributed by atoms with E-state index in [1.54, 1.807) is 24.5 Å². The Morgan fingerprint density at radius 3 is 2.84 bits per heavy atom. The third kappa shape index (κ3) is 5.65. The maximum Gasteiger partial charge on any atom is 0.249 e. The number of carbonyl (C=O) groups is 2. The summed E-state index contributed by atoms with van der Waals surface area (Å²) >= 11 is 1.70. The topological polar surface area (TPSA) is 68.3 Å². The highest BCUT2D eigenvalue weighted by Crippen LogP contribution is 2.34. The van der Waals surface area contributed by atoms with Gasteiger partial charge in [-0.1, -0.05) is 12.1 Å². The molecule has 1 aromatic heterocycles. The fourth-order valence-corrected chi connectivity index (χ4v) is 4.55. The van der Waals surface area contributed by atoms with Crippen LogP contribution in [-0.2, 0) is 20.7 Å². The van der Waals surface area contributed by atoms with Crippen molar-refractivity contribution in [3.63, 3.8) is 0 Å². The zero-order valence-corrected chi connectivity index (χ0v) is 18.7. The fourth-order valence-electron chi connectivity index (χ4n) is 3.62. The van der Waals surface area contributed by atoms with Crippen molar-refractivity contribution >= 4 is 23.2 Å². The molecule has 7 nitrogen and oxygen atoms in total. The Kier molecular flexibility index (Phi) is 8.08. The number of nitrogens with zero attached hydrogens (tertiary/aromatic N) is 2. The molecular formula is C23H28N2O5S. The summed E-state index contributed by atoms with van der Waals surface area (Å²) in [5.74, 6) is 1.02. The lowest BCUT2D eigenvalue weighted by Crippen LogP contribution is -2.48. The Balaban J connectivity index is 1.76. The molecule has 8 heteroatoms. The molecule has 0 bridgehead atoms. The van der Waals surface area contributed by atoms with Crippen LogP contribution in [0.15, 0.2) is 48.4 Å². The van der Waals surface area contributed by atoms with Crippen LogP contribution in [0.25, 0.3) is 0 Å². The first-order chi connectivity index (χ1) is 15.1. The standard InChI is InChI=1S/C23H28N2O5S/c1-4-10-24(23(27)16-28-2)14-22(26)25-11-8-21-19(9-12-31-21)20(25)15-30-18-7-5-6-17(13-18)29-3/h4-7,9,12-13,20H,1,8,10-11,14-16H2,2-3H3. The zero-order chi connectivity index (χ0) is 22.2. The largest absolute Gasteiger partial charge is 0.497 e. The Labute approximate surface area is 186 Å². The van der Waals surface area contributed by atoms with Crippen LogP contribution in [-0.4, -0.2) is 68.7 Å². The maximum atomic E-state index is 13.2. The first kappa shape index (κ1) is 22.8. The lowest BCUT2D eigenvalue weighted by molar-refractivity contribution is -0.144. The van der Waals surface area contributed by atoms with Crippen LogP contribution in [0.2, 0.25) is 0 Å². The number of thiophene rings is 1. The average Bonchev–Trinajstić information content (AvgIpc) is 3.26. The summed E-state index contributed by atoms with van der Waals surface area (Å²) in [4.78, 5) is 30.1. The highest BCUT2D eigenvalue weighted by atomic mass is 32.1. The van der Waals surface area contributed by atoms with Gasteiger partial charge in [0.15, 0.2) is 0 Å². The van der Waals surface area contributed by atoms with E-state index < -0.39 is 0 Å². The van der Waals surface area contributed by atoms with E-state index in [1.165, 1.54) is 16.9 Å². The van der Waals surface area contributed by atoms with Crippen LogP contribution in [0, 0.1) is 0 Å². The number of hydrogen-bond donors (Lipinski definition) is 0. The number of methoxy groups -OCH3 is 2. The molecule has 3 rings (SSSR count). The molecule has 2 aromatic rings. The van der Waals surface area contributed by atoms with Crippen molar-refractivity contribution in [3.8, 4) is 11.5 Å². The lowest BCUT2D eigenvalue weighted by Gasteiger charge is -2.37. The minimum absolute atomic E-state index is 0.0245. The van der Waals surface area contributed by atoms with Gasteiger partial charge in [-0.05, 0) is 35.6 Å². The second-order valence-electron chi connectivity index (χ2n) is 7.14. The van der Waals surface area contributed by atoms with Gasteiger partial charge in [-0.2, -0.15) is 0 Å². The molecule has 0 saturated heterocycles. The Morgan fingerprint density at radius 1 is 1.29 bits per heavy atom. The number of ether oxygens (including phenoxy) is 3. The molecule has 1 unspecified atom stereocenters. The Bertz CT molecular complexity index is 913. The van der Waals surface area contributed by atoms with Crippen LogP contribution in [0.1, 0.15) is 16.5 Å². The van der Waals surface area contributed by atoms with E-state index in [-0.39, 0.29) is 37.6 Å². The highest BCUT2D eigenvalue weighted by molar-refractivity contribution is 7.10. The molecule has 0 N–H and O–H groups in total. The van der Waals surface area contributed by atoms with Crippen LogP contribution >= 0.6 is 11.3 Å². The van der Waals surface area contributed by atoms with Gasteiger partial charge in [-0.3, -0.25) is 9.59 Å². The summed E-state index contributed by atoms with van der Waals surface area (Å²) in [5, 5.41) is 2.04. The first-order valence-electron chi connectivity index (χ1n) is 10.1. The van der Waals surface area contributed by atoms with E-state index in [4.69, 9.17) is 14.2 Å². The molecule has 0 radical (unpaired) electrons. The molecule has 0 spiro atoms. The molecule has 0 saturated carbocycles. The molecular weight excluding hydrogens is 416 g/mol. The number of carbonyl (C=O) groups excluding carboxylic acids is 2. The van der Waals surface area contributed by atoms with Crippen molar-refractivity contribution < 1.29 is 23.8 Å². The van der Waals surface area contributed by atoms with E-state index in [2.05, 4.69) is 12.6 Å². The van der Waals surface area contributed by atoms with Gasteiger partial charge in [0, 0.05) is 31.1 Å². The van der Waals surface area contributed by atoms with Gasteiger partial charge in [0.2, 0.25) is 11.8 Å². The normalized spacial score (nSPS) is 15.2. The van der Waals surface area contributed by atoms with Crippen LogP contribution in [0.5, 0.6) is 11.5 Å². The Hall–Kier alpha value is -2.84.